The fourth-order valence-corrected chi connectivity index (χ4v) is 2.90. The third-order valence-electron chi connectivity index (χ3n) is 3.30. The highest BCUT2D eigenvalue weighted by Gasteiger charge is 2.27. The van der Waals surface area contributed by atoms with Crippen LogP contribution in [0.25, 0.3) is 0 Å². The number of amides is 1. The average molecular weight is 436 g/mol. The van der Waals surface area contributed by atoms with Gasteiger partial charge in [0.2, 0.25) is 5.75 Å². The Morgan fingerprint density at radius 1 is 1.37 bits per heavy atom. The molecule has 1 aromatic carbocycles. The van der Waals surface area contributed by atoms with Crippen LogP contribution in [0.2, 0.25) is 0 Å². The topological polar surface area (TPSA) is 159 Å². The minimum absolute atomic E-state index is 0.0309. The molecule has 0 atom stereocenters. The maximum absolute atomic E-state index is 11.8. The van der Waals surface area contributed by atoms with Crippen LogP contribution in [0.15, 0.2) is 33.3 Å². The fraction of sp³-hybridized carbons (Fsp3) is 0.235. The van der Waals surface area contributed by atoms with E-state index in [-0.39, 0.29) is 33.7 Å². The summed E-state index contributed by atoms with van der Waals surface area (Å²) in [6, 6.07) is 2.64. The number of carbonyl (C=O) groups is 3. The van der Waals surface area contributed by atoms with Gasteiger partial charge in [0.05, 0.1) is 35.3 Å². The van der Waals surface area contributed by atoms with Crippen LogP contribution in [0.5, 0.6) is 11.5 Å². The third-order valence-corrected chi connectivity index (χ3v) is 4.20. The van der Waals surface area contributed by atoms with Crippen LogP contribution in [-0.4, -0.2) is 47.9 Å². The van der Waals surface area contributed by atoms with Crippen molar-refractivity contribution in [3.05, 3.63) is 38.8 Å². The van der Waals surface area contributed by atoms with Crippen LogP contribution in [0, 0.1) is 10.1 Å². The molecule has 0 aromatic heterocycles. The van der Waals surface area contributed by atoms with Crippen LogP contribution in [-0.2, 0) is 19.1 Å². The summed E-state index contributed by atoms with van der Waals surface area (Å²) >= 11 is 0.848. The molecule has 1 aliphatic rings. The van der Waals surface area contributed by atoms with Crippen molar-refractivity contribution in [2.45, 2.75) is 13.8 Å². The van der Waals surface area contributed by atoms with E-state index in [1.807, 2.05) is 0 Å². The lowest BCUT2D eigenvalue weighted by Crippen LogP contribution is -2.19. The zero-order chi connectivity index (χ0) is 22.3. The van der Waals surface area contributed by atoms with Crippen LogP contribution in [0.3, 0.4) is 0 Å². The van der Waals surface area contributed by atoms with Gasteiger partial charge < -0.3 is 14.2 Å². The molecule has 1 aliphatic heterocycles. The zero-order valence-electron chi connectivity index (χ0n) is 16.0. The maximum Gasteiger partial charge on any atom is 0.331 e. The quantitative estimate of drug-likeness (QED) is 0.167. The van der Waals surface area contributed by atoms with Gasteiger partial charge in [0.1, 0.15) is 0 Å². The number of nitro benzene ring substituents is 1. The molecule has 0 bridgehead atoms. The molecule has 13 heteroatoms. The number of amidine groups is 1. The van der Waals surface area contributed by atoms with Gasteiger partial charge in [-0.3, -0.25) is 25.0 Å². The molecule has 1 saturated heterocycles. The van der Waals surface area contributed by atoms with Crippen LogP contribution in [0.1, 0.15) is 19.4 Å². The SMILES string of the molecule is CCOc1c(OC(C)=O)ccc(C=N/N=C2/NC(=O)/C(=C\C(=O)OC)S2)c1[N+](=O)[O-]. The number of esters is 2. The predicted molar refractivity (Wildman–Crippen MR) is 106 cm³/mol. The van der Waals surface area contributed by atoms with Gasteiger partial charge in [-0.05, 0) is 30.8 Å². The van der Waals surface area contributed by atoms with Crippen molar-refractivity contribution in [1.29, 1.82) is 0 Å². The molecule has 0 saturated carbocycles. The Balaban J connectivity index is 2.34. The van der Waals surface area contributed by atoms with Gasteiger partial charge in [-0.15, -0.1) is 5.10 Å². The van der Waals surface area contributed by atoms with Crippen molar-refractivity contribution in [1.82, 2.24) is 5.32 Å². The average Bonchev–Trinajstić information content (AvgIpc) is 3.02. The Kier molecular flexibility index (Phi) is 7.63. The molecule has 1 heterocycles. The maximum atomic E-state index is 11.8. The number of methoxy groups -OCH3 is 1. The third kappa shape index (κ3) is 5.64. The molecule has 158 valence electrons. The lowest BCUT2D eigenvalue weighted by Gasteiger charge is -2.11. The van der Waals surface area contributed by atoms with Gasteiger partial charge in [0, 0.05) is 13.0 Å². The minimum atomic E-state index is -0.704. The molecule has 2 rings (SSSR count). The van der Waals surface area contributed by atoms with E-state index in [1.54, 1.807) is 6.92 Å². The summed E-state index contributed by atoms with van der Waals surface area (Å²) in [5.74, 6) is -2.25. The molecular weight excluding hydrogens is 420 g/mol. The standard InChI is InChI=1S/C17H16N4O8S/c1-4-28-15-11(29-9(2)22)6-5-10(14(15)21(25)26)8-18-20-17-19-16(24)12(30-17)7-13(23)27-3/h5-8H,4H2,1-3H3,(H,19,20,24)/b12-7+,18-8?. The minimum Gasteiger partial charge on any atom is -0.485 e. The number of nitrogens with zero attached hydrogens (tertiary/aromatic N) is 3. The highest BCUT2D eigenvalue weighted by molar-refractivity contribution is 8.18. The van der Waals surface area contributed by atoms with E-state index in [0.717, 1.165) is 31.0 Å². The van der Waals surface area contributed by atoms with E-state index >= 15 is 0 Å². The summed E-state index contributed by atoms with van der Waals surface area (Å²) in [6.45, 7) is 2.87. The second kappa shape index (κ2) is 10.2. The predicted octanol–water partition coefficient (Wildman–Crippen LogP) is 1.53. The van der Waals surface area contributed by atoms with E-state index in [1.165, 1.54) is 19.2 Å². The lowest BCUT2D eigenvalue weighted by molar-refractivity contribution is -0.386. The van der Waals surface area contributed by atoms with E-state index in [9.17, 15) is 24.5 Å². The van der Waals surface area contributed by atoms with Crippen LogP contribution in [0.4, 0.5) is 5.69 Å². The number of thioether (sulfide) groups is 1. The van der Waals surface area contributed by atoms with Gasteiger partial charge in [-0.1, -0.05) is 0 Å². The van der Waals surface area contributed by atoms with Crippen molar-refractivity contribution in [3.8, 4) is 11.5 Å². The first-order valence-electron chi connectivity index (χ1n) is 8.29. The summed E-state index contributed by atoms with van der Waals surface area (Å²) in [4.78, 5) is 45.2. The molecule has 0 unspecified atom stereocenters. The van der Waals surface area contributed by atoms with Crippen molar-refractivity contribution in [2.75, 3.05) is 13.7 Å². The molecule has 12 nitrogen and oxygen atoms in total. The van der Waals surface area contributed by atoms with Gasteiger partial charge in [-0.25, -0.2) is 4.79 Å². The Labute approximate surface area is 174 Å². The number of benzene rings is 1. The zero-order valence-corrected chi connectivity index (χ0v) is 16.8. The van der Waals surface area contributed by atoms with Gasteiger partial charge in [0.15, 0.2) is 10.9 Å². The molecule has 1 amide bonds. The monoisotopic (exact) mass is 436 g/mol. The first kappa shape index (κ1) is 22.5. The first-order valence-corrected chi connectivity index (χ1v) is 9.10. The second-order valence-corrected chi connectivity index (χ2v) is 6.38. The van der Waals surface area contributed by atoms with Gasteiger partial charge in [-0.2, -0.15) is 5.10 Å². The van der Waals surface area contributed by atoms with Gasteiger partial charge >= 0.3 is 17.6 Å². The van der Waals surface area contributed by atoms with Crippen molar-refractivity contribution in [2.24, 2.45) is 10.2 Å². The summed E-state index contributed by atoms with van der Waals surface area (Å²) in [6.07, 6.45) is 2.08. The highest BCUT2D eigenvalue weighted by atomic mass is 32.2. The summed E-state index contributed by atoms with van der Waals surface area (Å²) < 4.78 is 14.7. The molecule has 0 radical (unpaired) electrons. The first-order chi connectivity index (χ1) is 14.3. The molecule has 0 spiro atoms. The normalized spacial score (nSPS) is 16.0. The molecule has 30 heavy (non-hydrogen) atoms. The van der Waals surface area contributed by atoms with Crippen molar-refractivity contribution >= 4 is 46.7 Å². The number of hydrogen-bond acceptors (Lipinski definition) is 11. The Hall–Kier alpha value is -3.74. The van der Waals surface area contributed by atoms with E-state index in [2.05, 4.69) is 20.3 Å². The Morgan fingerprint density at radius 3 is 2.70 bits per heavy atom. The number of hydrogen-bond donors (Lipinski definition) is 1. The van der Waals surface area contributed by atoms with E-state index < -0.39 is 28.5 Å². The molecule has 1 aromatic rings. The second-order valence-electron chi connectivity index (χ2n) is 5.35. The largest absolute Gasteiger partial charge is 0.485 e. The Bertz CT molecular complexity index is 986. The van der Waals surface area contributed by atoms with E-state index in [0.29, 0.717) is 0 Å². The van der Waals surface area contributed by atoms with E-state index in [4.69, 9.17) is 9.47 Å². The lowest BCUT2D eigenvalue weighted by atomic mass is 10.1. The molecular formula is C17H16N4O8S. The summed E-state index contributed by atoms with van der Waals surface area (Å²) in [7, 11) is 1.17. The molecule has 0 aliphatic carbocycles. The van der Waals surface area contributed by atoms with Gasteiger partial charge in [0.25, 0.3) is 5.91 Å². The highest BCUT2D eigenvalue weighted by Crippen LogP contribution is 2.39. The number of nitrogens with one attached hydrogen (secondary N) is 1. The number of nitro groups is 1. The number of rotatable bonds is 7. The number of ether oxygens (including phenoxy) is 3. The Morgan fingerprint density at radius 2 is 2.10 bits per heavy atom. The van der Waals surface area contributed by atoms with Crippen molar-refractivity contribution in [3.63, 3.8) is 0 Å². The molecule has 1 N–H and O–H groups in total. The van der Waals surface area contributed by atoms with Crippen molar-refractivity contribution < 1.29 is 33.5 Å². The number of carbonyl (C=O) groups excluding carboxylic acids is 3. The smallest absolute Gasteiger partial charge is 0.331 e. The summed E-state index contributed by atoms with van der Waals surface area (Å²) in [5, 5.41) is 21.5. The van der Waals surface area contributed by atoms with Crippen LogP contribution < -0.4 is 14.8 Å². The summed E-state index contributed by atoms with van der Waals surface area (Å²) in [5.41, 5.74) is -0.433. The fourth-order valence-electron chi connectivity index (χ4n) is 2.16. The van der Waals surface area contributed by atoms with Crippen LogP contribution >= 0.6 is 11.8 Å². The molecule has 1 fully saturated rings.